The van der Waals surface area contributed by atoms with E-state index in [0.717, 1.165) is 17.4 Å². The SMILES string of the molecule is O=Cc1cnc(Cl)c(-c2cccnc2)c1. The lowest BCUT2D eigenvalue weighted by atomic mass is 10.1. The van der Waals surface area contributed by atoms with Gasteiger partial charge in [-0.25, -0.2) is 4.98 Å². The summed E-state index contributed by atoms with van der Waals surface area (Å²) < 4.78 is 0. The maximum absolute atomic E-state index is 10.6. The van der Waals surface area contributed by atoms with Gasteiger partial charge in [-0.15, -0.1) is 0 Å². The molecule has 2 heterocycles. The monoisotopic (exact) mass is 218 g/mol. The first kappa shape index (κ1) is 9.80. The average Bonchev–Trinajstić information content (AvgIpc) is 2.31. The second-order valence-electron chi connectivity index (χ2n) is 2.97. The van der Waals surface area contributed by atoms with E-state index < -0.39 is 0 Å². The van der Waals surface area contributed by atoms with Gasteiger partial charge in [-0.2, -0.15) is 0 Å². The third kappa shape index (κ3) is 2.02. The summed E-state index contributed by atoms with van der Waals surface area (Å²) in [6, 6.07) is 5.36. The summed E-state index contributed by atoms with van der Waals surface area (Å²) in [6.45, 7) is 0. The van der Waals surface area contributed by atoms with E-state index in [0.29, 0.717) is 10.7 Å². The third-order valence-electron chi connectivity index (χ3n) is 1.97. The molecule has 2 rings (SSSR count). The Kier molecular flexibility index (Phi) is 2.74. The summed E-state index contributed by atoms with van der Waals surface area (Å²) >= 11 is 5.93. The minimum atomic E-state index is 0.369. The minimum Gasteiger partial charge on any atom is -0.298 e. The largest absolute Gasteiger partial charge is 0.298 e. The van der Waals surface area contributed by atoms with Crippen molar-refractivity contribution in [1.29, 1.82) is 0 Å². The number of aldehydes is 1. The molecule has 4 heteroatoms. The van der Waals surface area contributed by atoms with Gasteiger partial charge in [0.05, 0.1) is 0 Å². The Labute approximate surface area is 91.8 Å². The van der Waals surface area contributed by atoms with Gasteiger partial charge in [0.25, 0.3) is 0 Å². The molecule has 2 aromatic rings. The van der Waals surface area contributed by atoms with Gasteiger partial charge in [0, 0.05) is 35.3 Å². The van der Waals surface area contributed by atoms with Crippen LogP contribution in [0.1, 0.15) is 10.4 Å². The molecule has 0 saturated heterocycles. The molecule has 0 atom stereocenters. The fourth-order valence-electron chi connectivity index (χ4n) is 1.25. The maximum atomic E-state index is 10.6. The molecule has 0 fully saturated rings. The van der Waals surface area contributed by atoms with Gasteiger partial charge >= 0.3 is 0 Å². The van der Waals surface area contributed by atoms with Crippen molar-refractivity contribution in [3.8, 4) is 11.1 Å². The van der Waals surface area contributed by atoms with Crippen molar-refractivity contribution >= 4 is 17.9 Å². The molecule has 15 heavy (non-hydrogen) atoms. The van der Waals surface area contributed by atoms with Crippen LogP contribution >= 0.6 is 11.6 Å². The first-order valence-electron chi connectivity index (χ1n) is 4.32. The molecule has 0 amide bonds. The van der Waals surface area contributed by atoms with E-state index >= 15 is 0 Å². The smallest absolute Gasteiger partial charge is 0.151 e. The van der Waals surface area contributed by atoms with E-state index in [1.807, 2.05) is 6.07 Å². The predicted octanol–water partition coefficient (Wildman–Crippen LogP) is 2.61. The highest BCUT2D eigenvalue weighted by Crippen LogP contribution is 2.25. The van der Waals surface area contributed by atoms with Crippen molar-refractivity contribution in [2.45, 2.75) is 0 Å². The molecule has 2 aromatic heterocycles. The van der Waals surface area contributed by atoms with Crippen LogP contribution in [0.15, 0.2) is 36.8 Å². The number of carbonyl (C=O) groups is 1. The van der Waals surface area contributed by atoms with Gasteiger partial charge in [0.1, 0.15) is 5.15 Å². The van der Waals surface area contributed by atoms with Crippen LogP contribution in [0.5, 0.6) is 0 Å². The molecule has 0 bridgehead atoms. The third-order valence-corrected chi connectivity index (χ3v) is 2.27. The molecular weight excluding hydrogens is 212 g/mol. The quantitative estimate of drug-likeness (QED) is 0.575. The van der Waals surface area contributed by atoms with Crippen LogP contribution < -0.4 is 0 Å². The minimum absolute atomic E-state index is 0.369. The number of nitrogens with zero attached hydrogens (tertiary/aromatic N) is 2. The molecule has 0 N–H and O–H groups in total. The molecule has 0 aliphatic carbocycles. The number of halogens is 1. The molecular formula is C11H7ClN2O. The Hall–Kier alpha value is -1.74. The fourth-order valence-corrected chi connectivity index (χ4v) is 1.47. The summed E-state index contributed by atoms with van der Waals surface area (Å²) in [5, 5.41) is 0.369. The molecule has 74 valence electrons. The van der Waals surface area contributed by atoms with Gasteiger partial charge in [-0.1, -0.05) is 17.7 Å². The average molecular weight is 219 g/mol. The summed E-state index contributed by atoms with van der Waals surface area (Å²) in [5.74, 6) is 0. The molecule has 0 radical (unpaired) electrons. The lowest BCUT2D eigenvalue weighted by Gasteiger charge is -2.03. The molecule has 3 nitrogen and oxygen atoms in total. The highest BCUT2D eigenvalue weighted by atomic mass is 35.5. The van der Waals surface area contributed by atoms with Crippen molar-refractivity contribution in [3.05, 3.63) is 47.5 Å². The van der Waals surface area contributed by atoms with Crippen LogP contribution in [-0.2, 0) is 0 Å². The fraction of sp³-hybridized carbons (Fsp3) is 0. The van der Waals surface area contributed by atoms with Gasteiger partial charge in [0.2, 0.25) is 0 Å². The maximum Gasteiger partial charge on any atom is 0.151 e. The Bertz CT molecular complexity index is 485. The zero-order chi connectivity index (χ0) is 10.7. The number of hydrogen-bond acceptors (Lipinski definition) is 3. The first-order chi connectivity index (χ1) is 7.31. The number of aromatic nitrogens is 2. The molecule has 0 spiro atoms. The lowest BCUT2D eigenvalue weighted by Crippen LogP contribution is -1.88. The predicted molar refractivity (Wildman–Crippen MR) is 57.9 cm³/mol. The summed E-state index contributed by atoms with van der Waals surface area (Å²) in [6.07, 6.45) is 5.53. The second-order valence-corrected chi connectivity index (χ2v) is 3.32. The van der Waals surface area contributed by atoms with Crippen LogP contribution in [0.3, 0.4) is 0 Å². The van der Waals surface area contributed by atoms with Crippen LogP contribution in [0.4, 0.5) is 0 Å². The molecule has 0 unspecified atom stereocenters. The van der Waals surface area contributed by atoms with Crippen molar-refractivity contribution in [1.82, 2.24) is 9.97 Å². The van der Waals surface area contributed by atoms with Gasteiger partial charge in [-0.3, -0.25) is 9.78 Å². The van der Waals surface area contributed by atoms with E-state index in [2.05, 4.69) is 9.97 Å². The zero-order valence-corrected chi connectivity index (χ0v) is 8.48. The Morgan fingerprint density at radius 1 is 1.33 bits per heavy atom. The van der Waals surface area contributed by atoms with Crippen molar-refractivity contribution < 1.29 is 4.79 Å². The highest BCUT2D eigenvalue weighted by molar-refractivity contribution is 6.32. The Morgan fingerprint density at radius 3 is 2.87 bits per heavy atom. The van der Waals surface area contributed by atoms with E-state index in [9.17, 15) is 4.79 Å². The molecule has 0 saturated carbocycles. The molecule has 0 aliphatic heterocycles. The van der Waals surface area contributed by atoms with Crippen molar-refractivity contribution in [2.75, 3.05) is 0 Å². The Balaban J connectivity index is 2.57. The van der Waals surface area contributed by atoms with Gasteiger partial charge in [0.15, 0.2) is 6.29 Å². The lowest BCUT2D eigenvalue weighted by molar-refractivity contribution is 0.112. The number of rotatable bonds is 2. The summed E-state index contributed by atoms with van der Waals surface area (Å²) in [7, 11) is 0. The highest BCUT2D eigenvalue weighted by Gasteiger charge is 2.05. The standard InChI is InChI=1S/C11H7ClN2O/c12-11-10(4-8(7-15)5-14-11)9-2-1-3-13-6-9/h1-7H. The summed E-state index contributed by atoms with van der Waals surface area (Å²) in [4.78, 5) is 18.5. The zero-order valence-electron chi connectivity index (χ0n) is 7.72. The topological polar surface area (TPSA) is 42.9 Å². The van der Waals surface area contributed by atoms with Crippen LogP contribution in [0.2, 0.25) is 5.15 Å². The first-order valence-corrected chi connectivity index (χ1v) is 4.70. The number of carbonyl (C=O) groups excluding carboxylic acids is 1. The Morgan fingerprint density at radius 2 is 2.20 bits per heavy atom. The van der Waals surface area contributed by atoms with Crippen molar-refractivity contribution in [2.24, 2.45) is 0 Å². The summed E-state index contributed by atoms with van der Waals surface area (Å²) in [5.41, 5.74) is 2.06. The number of pyridine rings is 2. The van der Waals surface area contributed by atoms with Crippen molar-refractivity contribution in [3.63, 3.8) is 0 Å². The van der Waals surface area contributed by atoms with E-state index in [-0.39, 0.29) is 0 Å². The molecule has 0 aromatic carbocycles. The second kappa shape index (κ2) is 4.19. The van der Waals surface area contributed by atoms with E-state index in [1.165, 1.54) is 6.20 Å². The van der Waals surface area contributed by atoms with E-state index in [1.54, 1.807) is 24.5 Å². The van der Waals surface area contributed by atoms with Crippen LogP contribution in [0, 0.1) is 0 Å². The van der Waals surface area contributed by atoms with Crippen LogP contribution in [0.25, 0.3) is 11.1 Å². The van der Waals surface area contributed by atoms with Gasteiger partial charge < -0.3 is 0 Å². The molecule has 0 aliphatic rings. The number of hydrogen-bond donors (Lipinski definition) is 0. The van der Waals surface area contributed by atoms with Gasteiger partial charge in [-0.05, 0) is 12.1 Å². The van der Waals surface area contributed by atoms with Crippen LogP contribution in [-0.4, -0.2) is 16.3 Å². The normalized spacial score (nSPS) is 9.93. The van der Waals surface area contributed by atoms with E-state index in [4.69, 9.17) is 11.6 Å².